The summed E-state index contributed by atoms with van der Waals surface area (Å²) in [4.78, 5) is 0. The Morgan fingerprint density at radius 3 is 2.73 bits per heavy atom. The number of alkyl halides is 3. The normalized spacial score (nSPS) is 15.4. The van der Waals surface area contributed by atoms with Gasteiger partial charge in [-0.05, 0) is 42.7 Å². The molecule has 0 atom stereocenters. The minimum absolute atomic E-state index is 0.511. The van der Waals surface area contributed by atoms with E-state index in [2.05, 4.69) is 0 Å². The van der Waals surface area contributed by atoms with Gasteiger partial charge in [-0.3, -0.25) is 0 Å². The monoisotopic (exact) mass is 214 g/mol. The molecular formula is C11H9F3O. The molecule has 0 N–H and O–H groups in total. The van der Waals surface area contributed by atoms with Crippen LogP contribution in [0.4, 0.5) is 13.2 Å². The molecule has 0 radical (unpaired) electrons. The van der Waals surface area contributed by atoms with Gasteiger partial charge >= 0.3 is 6.18 Å². The first kappa shape index (κ1) is 10.1. The van der Waals surface area contributed by atoms with Gasteiger partial charge in [0.25, 0.3) is 0 Å². The maximum Gasteiger partial charge on any atom is 0.416 e. The van der Waals surface area contributed by atoms with Crippen LogP contribution >= 0.6 is 0 Å². The standard InChI is InChI=1S/C11H9F3O/c12-11(13,14)9-4-5-10-8(7-9)3-1-2-6-15-10/h2,4-7H,1,3H2. The second-order valence-corrected chi connectivity index (χ2v) is 3.35. The van der Waals surface area contributed by atoms with Crippen molar-refractivity contribution in [3.8, 4) is 5.75 Å². The minimum Gasteiger partial charge on any atom is -0.465 e. The van der Waals surface area contributed by atoms with E-state index in [1.54, 1.807) is 6.08 Å². The van der Waals surface area contributed by atoms with Crippen LogP contribution in [0.15, 0.2) is 30.5 Å². The molecule has 0 bridgehead atoms. The first-order valence-corrected chi connectivity index (χ1v) is 4.59. The number of hydrogen-bond acceptors (Lipinski definition) is 1. The number of ether oxygens (including phenoxy) is 1. The first-order valence-electron chi connectivity index (χ1n) is 4.59. The Kier molecular flexibility index (Phi) is 2.42. The van der Waals surface area contributed by atoms with E-state index in [0.29, 0.717) is 24.2 Å². The molecule has 0 amide bonds. The van der Waals surface area contributed by atoms with Crippen LogP contribution in [0.1, 0.15) is 17.5 Å². The molecule has 15 heavy (non-hydrogen) atoms. The van der Waals surface area contributed by atoms with Gasteiger partial charge in [0.15, 0.2) is 0 Å². The van der Waals surface area contributed by atoms with Crippen molar-refractivity contribution in [3.05, 3.63) is 41.7 Å². The van der Waals surface area contributed by atoms with E-state index in [9.17, 15) is 13.2 Å². The Bertz CT molecular complexity index is 393. The quantitative estimate of drug-likeness (QED) is 0.641. The highest BCUT2D eigenvalue weighted by atomic mass is 19.4. The summed E-state index contributed by atoms with van der Waals surface area (Å²) >= 11 is 0. The van der Waals surface area contributed by atoms with Crippen molar-refractivity contribution < 1.29 is 17.9 Å². The lowest BCUT2D eigenvalue weighted by Crippen LogP contribution is -2.05. The van der Waals surface area contributed by atoms with Gasteiger partial charge in [0.2, 0.25) is 0 Å². The van der Waals surface area contributed by atoms with Crippen LogP contribution in [0.3, 0.4) is 0 Å². The molecule has 0 fully saturated rings. The van der Waals surface area contributed by atoms with Gasteiger partial charge in [-0.15, -0.1) is 0 Å². The van der Waals surface area contributed by atoms with E-state index in [1.165, 1.54) is 12.3 Å². The van der Waals surface area contributed by atoms with E-state index in [-0.39, 0.29) is 0 Å². The van der Waals surface area contributed by atoms with Crippen LogP contribution in [0.5, 0.6) is 5.75 Å². The Morgan fingerprint density at radius 2 is 2.00 bits per heavy atom. The first-order chi connectivity index (χ1) is 7.07. The third-order valence-corrected chi connectivity index (χ3v) is 2.26. The maximum atomic E-state index is 12.4. The number of allylic oxidation sites excluding steroid dienone is 1. The van der Waals surface area contributed by atoms with E-state index in [1.807, 2.05) is 0 Å². The zero-order valence-corrected chi connectivity index (χ0v) is 7.84. The predicted octanol–water partition coefficient (Wildman–Crippen LogP) is 3.54. The van der Waals surface area contributed by atoms with Crippen molar-refractivity contribution in [2.45, 2.75) is 19.0 Å². The zero-order valence-electron chi connectivity index (χ0n) is 7.84. The molecule has 0 saturated carbocycles. The molecule has 0 aliphatic carbocycles. The van der Waals surface area contributed by atoms with Gasteiger partial charge in [0.05, 0.1) is 11.8 Å². The summed E-state index contributed by atoms with van der Waals surface area (Å²) in [5.74, 6) is 0.511. The Labute approximate surface area is 85.2 Å². The molecule has 1 aliphatic rings. The molecule has 1 aromatic carbocycles. The van der Waals surface area contributed by atoms with E-state index in [4.69, 9.17) is 4.74 Å². The maximum absolute atomic E-state index is 12.4. The highest BCUT2D eigenvalue weighted by Crippen LogP contribution is 2.33. The summed E-state index contributed by atoms with van der Waals surface area (Å²) in [6, 6.07) is 3.56. The van der Waals surface area contributed by atoms with Crippen LogP contribution in [-0.4, -0.2) is 0 Å². The number of fused-ring (bicyclic) bond motifs is 1. The molecule has 80 valence electrons. The molecule has 0 saturated heterocycles. The van der Waals surface area contributed by atoms with Crippen LogP contribution in [-0.2, 0) is 12.6 Å². The summed E-state index contributed by atoms with van der Waals surface area (Å²) < 4.78 is 42.4. The lowest BCUT2D eigenvalue weighted by molar-refractivity contribution is -0.137. The summed E-state index contributed by atoms with van der Waals surface area (Å²) in [7, 11) is 0. The van der Waals surface area contributed by atoms with E-state index in [0.717, 1.165) is 12.1 Å². The van der Waals surface area contributed by atoms with Crippen molar-refractivity contribution in [3.63, 3.8) is 0 Å². The molecule has 0 spiro atoms. The molecule has 4 heteroatoms. The van der Waals surface area contributed by atoms with Crippen LogP contribution in [0, 0.1) is 0 Å². The lowest BCUT2D eigenvalue weighted by Gasteiger charge is -2.10. The second kappa shape index (κ2) is 3.61. The Morgan fingerprint density at radius 1 is 1.20 bits per heavy atom. The number of aryl methyl sites for hydroxylation is 1. The SMILES string of the molecule is FC(F)(F)c1ccc2c(c1)CCC=CO2. The third kappa shape index (κ3) is 2.14. The van der Waals surface area contributed by atoms with Crippen molar-refractivity contribution in [2.75, 3.05) is 0 Å². The number of halogens is 3. The van der Waals surface area contributed by atoms with Crippen molar-refractivity contribution in [1.82, 2.24) is 0 Å². The van der Waals surface area contributed by atoms with Gasteiger partial charge in [-0.1, -0.05) is 0 Å². The smallest absolute Gasteiger partial charge is 0.416 e. The van der Waals surface area contributed by atoms with Gasteiger partial charge < -0.3 is 4.74 Å². The number of hydrogen-bond donors (Lipinski definition) is 0. The van der Waals surface area contributed by atoms with Gasteiger partial charge in [-0.2, -0.15) is 13.2 Å². The fourth-order valence-corrected chi connectivity index (χ4v) is 1.49. The summed E-state index contributed by atoms with van der Waals surface area (Å²) in [6.07, 6.45) is 0.311. The van der Waals surface area contributed by atoms with Gasteiger partial charge in [0.1, 0.15) is 5.75 Å². The molecule has 0 unspecified atom stereocenters. The molecule has 2 rings (SSSR count). The topological polar surface area (TPSA) is 9.23 Å². The largest absolute Gasteiger partial charge is 0.465 e. The molecule has 1 aliphatic heterocycles. The fourth-order valence-electron chi connectivity index (χ4n) is 1.49. The third-order valence-electron chi connectivity index (χ3n) is 2.26. The summed E-state index contributed by atoms with van der Waals surface area (Å²) in [5.41, 5.74) is -0.0124. The Balaban J connectivity index is 2.39. The van der Waals surface area contributed by atoms with Crippen molar-refractivity contribution >= 4 is 0 Å². The second-order valence-electron chi connectivity index (χ2n) is 3.35. The van der Waals surface area contributed by atoms with Crippen LogP contribution < -0.4 is 4.74 Å². The van der Waals surface area contributed by atoms with Gasteiger partial charge in [0, 0.05) is 0 Å². The fraction of sp³-hybridized carbons (Fsp3) is 0.273. The summed E-state index contributed by atoms with van der Waals surface area (Å²) in [5, 5.41) is 0. The highest BCUT2D eigenvalue weighted by molar-refractivity contribution is 5.39. The summed E-state index contributed by atoms with van der Waals surface area (Å²) in [6.45, 7) is 0. The van der Waals surface area contributed by atoms with Crippen LogP contribution in [0.25, 0.3) is 0 Å². The van der Waals surface area contributed by atoms with Crippen molar-refractivity contribution in [2.24, 2.45) is 0 Å². The number of benzene rings is 1. The highest BCUT2D eigenvalue weighted by Gasteiger charge is 2.31. The predicted molar refractivity (Wildman–Crippen MR) is 49.5 cm³/mol. The molecular weight excluding hydrogens is 205 g/mol. The molecule has 0 aromatic heterocycles. The number of rotatable bonds is 0. The van der Waals surface area contributed by atoms with Gasteiger partial charge in [-0.25, -0.2) is 0 Å². The van der Waals surface area contributed by atoms with E-state index < -0.39 is 11.7 Å². The average Bonchev–Trinajstić information content (AvgIpc) is 2.39. The molecule has 1 nitrogen and oxygen atoms in total. The molecule has 1 heterocycles. The van der Waals surface area contributed by atoms with E-state index >= 15 is 0 Å². The Hall–Kier alpha value is -1.45. The lowest BCUT2D eigenvalue weighted by atomic mass is 10.1. The average molecular weight is 214 g/mol. The zero-order chi connectivity index (χ0) is 10.9. The minimum atomic E-state index is -4.28. The van der Waals surface area contributed by atoms with Crippen molar-refractivity contribution in [1.29, 1.82) is 0 Å². The molecule has 1 aromatic rings. The van der Waals surface area contributed by atoms with Crippen LogP contribution in [0.2, 0.25) is 0 Å².